The fourth-order valence-corrected chi connectivity index (χ4v) is 4.54. The third-order valence-electron chi connectivity index (χ3n) is 5.01. The number of sulfonamides is 1. The Morgan fingerprint density at radius 3 is 2.58 bits per heavy atom. The summed E-state index contributed by atoms with van der Waals surface area (Å²) in [6, 6.07) is 9.35. The van der Waals surface area contributed by atoms with Crippen LogP contribution in [0.15, 0.2) is 35.7 Å². The van der Waals surface area contributed by atoms with Gasteiger partial charge in [0.1, 0.15) is 0 Å². The Bertz CT molecular complexity index is 719. The van der Waals surface area contributed by atoms with Gasteiger partial charge in [0.2, 0.25) is 15.9 Å². The minimum Gasteiger partial charge on any atom is -0.381 e. The monoisotopic (exact) mass is 378 g/mol. The molecule has 0 aromatic heterocycles. The van der Waals surface area contributed by atoms with Gasteiger partial charge in [-0.1, -0.05) is 30.3 Å². The first-order valence-electron chi connectivity index (χ1n) is 9.13. The molecule has 0 aliphatic carbocycles. The van der Waals surface area contributed by atoms with E-state index in [1.165, 1.54) is 9.71 Å². The fourth-order valence-electron chi connectivity index (χ4n) is 3.32. The van der Waals surface area contributed by atoms with Gasteiger partial charge in [0, 0.05) is 43.5 Å². The van der Waals surface area contributed by atoms with E-state index < -0.39 is 10.0 Å². The van der Waals surface area contributed by atoms with Gasteiger partial charge in [0.25, 0.3) is 0 Å². The molecule has 142 valence electrons. The number of carbonyl (C=O) groups excluding carboxylic acids is 1. The first kappa shape index (κ1) is 19.1. The minimum atomic E-state index is -3.45. The number of nitrogens with one attached hydrogen (secondary N) is 1. The predicted octanol–water partition coefficient (Wildman–Crippen LogP) is 1.85. The fraction of sp³-hybridized carbons (Fsp3) is 0.526. The second-order valence-electron chi connectivity index (χ2n) is 6.91. The van der Waals surface area contributed by atoms with Crippen molar-refractivity contribution in [3.8, 4) is 0 Å². The molecule has 1 unspecified atom stereocenters. The zero-order chi connectivity index (χ0) is 18.4. The topological polar surface area (TPSA) is 75.7 Å². The van der Waals surface area contributed by atoms with E-state index in [1.807, 2.05) is 30.3 Å². The van der Waals surface area contributed by atoms with Gasteiger partial charge in [0.05, 0.1) is 6.61 Å². The molecule has 1 aromatic carbocycles. The number of hydrogen-bond donors (Lipinski definition) is 1. The number of amides is 1. The molecule has 3 rings (SSSR count). The van der Waals surface area contributed by atoms with Crippen molar-refractivity contribution in [2.75, 3.05) is 32.8 Å². The third kappa shape index (κ3) is 5.16. The lowest BCUT2D eigenvalue weighted by molar-refractivity contribution is -0.126. The maximum absolute atomic E-state index is 12.5. The largest absolute Gasteiger partial charge is 0.381 e. The summed E-state index contributed by atoms with van der Waals surface area (Å²) in [6.07, 6.45) is 3.72. The van der Waals surface area contributed by atoms with Crippen LogP contribution in [0.3, 0.4) is 0 Å². The van der Waals surface area contributed by atoms with Crippen molar-refractivity contribution in [3.63, 3.8) is 0 Å². The maximum Gasteiger partial charge on any atom is 0.236 e. The van der Waals surface area contributed by atoms with Crippen LogP contribution in [-0.2, 0) is 19.6 Å². The summed E-state index contributed by atoms with van der Waals surface area (Å²) in [7, 11) is -3.45. The number of nitrogens with zero attached hydrogens (tertiary/aromatic N) is 1. The summed E-state index contributed by atoms with van der Waals surface area (Å²) >= 11 is 0. The van der Waals surface area contributed by atoms with Crippen LogP contribution in [0.1, 0.15) is 24.8 Å². The van der Waals surface area contributed by atoms with E-state index in [0.717, 1.165) is 18.6 Å². The van der Waals surface area contributed by atoms with Crippen molar-refractivity contribution in [1.82, 2.24) is 9.62 Å². The SMILES string of the molecule is O=C(NCC1CCOC1)C1CCN(S(=O)(=O)/C=C/c2ccccc2)CC1. The van der Waals surface area contributed by atoms with Crippen LogP contribution in [0.4, 0.5) is 0 Å². The van der Waals surface area contributed by atoms with Gasteiger partial charge < -0.3 is 10.1 Å². The van der Waals surface area contributed by atoms with Crippen LogP contribution in [0.5, 0.6) is 0 Å². The average Bonchev–Trinajstić information content (AvgIpc) is 3.19. The number of ether oxygens (including phenoxy) is 1. The Kier molecular flexibility index (Phi) is 6.45. The number of benzene rings is 1. The summed E-state index contributed by atoms with van der Waals surface area (Å²) in [5.74, 6) is 0.332. The molecule has 1 atom stereocenters. The van der Waals surface area contributed by atoms with Gasteiger partial charge in [-0.15, -0.1) is 0 Å². The highest BCUT2D eigenvalue weighted by Crippen LogP contribution is 2.21. The van der Waals surface area contributed by atoms with Gasteiger partial charge in [-0.05, 0) is 30.9 Å². The Labute approximate surface area is 155 Å². The van der Waals surface area contributed by atoms with Crippen LogP contribution >= 0.6 is 0 Å². The molecule has 2 aliphatic heterocycles. The Morgan fingerprint density at radius 1 is 1.19 bits per heavy atom. The van der Waals surface area contributed by atoms with Crippen molar-refractivity contribution in [1.29, 1.82) is 0 Å². The molecule has 26 heavy (non-hydrogen) atoms. The lowest BCUT2D eigenvalue weighted by atomic mass is 9.97. The van der Waals surface area contributed by atoms with Crippen LogP contribution in [0.25, 0.3) is 6.08 Å². The molecular formula is C19H26N2O4S. The van der Waals surface area contributed by atoms with Crippen molar-refractivity contribution < 1.29 is 17.9 Å². The molecular weight excluding hydrogens is 352 g/mol. The van der Waals surface area contributed by atoms with E-state index in [1.54, 1.807) is 6.08 Å². The van der Waals surface area contributed by atoms with Gasteiger partial charge in [0.15, 0.2) is 0 Å². The average molecular weight is 378 g/mol. The zero-order valence-corrected chi connectivity index (χ0v) is 15.7. The molecule has 6 nitrogen and oxygen atoms in total. The van der Waals surface area contributed by atoms with Crippen LogP contribution < -0.4 is 5.32 Å². The summed E-state index contributed by atoms with van der Waals surface area (Å²) in [4.78, 5) is 12.3. The summed E-state index contributed by atoms with van der Waals surface area (Å²) in [5, 5.41) is 4.25. The van der Waals surface area contributed by atoms with Gasteiger partial charge >= 0.3 is 0 Å². The van der Waals surface area contributed by atoms with Crippen molar-refractivity contribution in [2.24, 2.45) is 11.8 Å². The molecule has 0 radical (unpaired) electrons. The third-order valence-corrected chi connectivity index (χ3v) is 6.57. The second kappa shape index (κ2) is 8.79. The molecule has 0 bridgehead atoms. The summed E-state index contributed by atoms with van der Waals surface area (Å²) < 4.78 is 31.7. The number of rotatable bonds is 6. The number of hydrogen-bond acceptors (Lipinski definition) is 4. The van der Waals surface area contributed by atoms with Crippen molar-refractivity contribution >= 4 is 22.0 Å². The van der Waals surface area contributed by atoms with Gasteiger partial charge in [-0.2, -0.15) is 4.31 Å². The maximum atomic E-state index is 12.5. The van der Waals surface area contributed by atoms with Crippen LogP contribution in [-0.4, -0.2) is 51.5 Å². The molecule has 7 heteroatoms. The lowest BCUT2D eigenvalue weighted by Gasteiger charge is -2.29. The highest BCUT2D eigenvalue weighted by Gasteiger charge is 2.30. The van der Waals surface area contributed by atoms with E-state index in [0.29, 0.717) is 45.0 Å². The second-order valence-corrected chi connectivity index (χ2v) is 8.72. The molecule has 2 heterocycles. The highest BCUT2D eigenvalue weighted by molar-refractivity contribution is 7.92. The first-order valence-corrected chi connectivity index (χ1v) is 10.6. The van der Waals surface area contributed by atoms with E-state index in [2.05, 4.69) is 5.32 Å². The normalized spacial score (nSPS) is 22.7. The molecule has 2 fully saturated rings. The van der Waals surface area contributed by atoms with Crippen molar-refractivity contribution in [3.05, 3.63) is 41.3 Å². The highest BCUT2D eigenvalue weighted by atomic mass is 32.2. The van der Waals surface area contributed by atoms with Crippen molar-refractivity contribution in [2.45, 2.75) is 19.3 Å². The quantitative estimate of drug-likeness (QED) is 0.820. The van der Waals surface area contributed by atoms with Crippen LogP contribution in [0, 0.1) is 11.8 Å². The van der Waals surface area contributed by atoms with E-state index in [9.17, 15) is 13.2 Å². The Morgan fingerprint density at radius 2 is 1.92 bits per heavy atom. The van der Waals surface area contributed by atoms with Gasteiger partial charge in [-0.3, -0.25) is 4.79 Å². The van der Waals surface area contributed by atoms with Crippen LogP contribution in [0.2, 0.25) is 0 Å². The Balaban J connectivity index is 1.47. The summed E-state index contributed by atoms with van der Waals surface area (Å²) in [5.41, 5.74) is 0.848. The standard InChI is InChI=1S/C19H26N2O4S/c22-19(20-14-17-8-12-25-15-17)18-6-10-21(11-7-18)26(23,24)13-9-16-4-2-1-3-5-16/h1-5,9,13,17-18H,6-8,10-12,14-15H2,(H,20,22)/b13-9+. The molecule has 2 saturated heterocycles. The van der Waals surface area contributed by atoms with E-state index in [-0.39, 0.29) is 11.8 Å². The minimum absolute atomic E-state index is 0.0359. The first-order chi connectivity index (χ1) is 12.5. The predicted molar refractivity (Wildman–Crippen MR) is 101 cm³/mol. The van der Waals surface area contributed by atoms with E-state index >= 15 is 0 Å². The molecule has 1 aromatic rings. The van der Waals surface area contributed by atoms with E-state index in [4.69, 9.17) is 4.74 Å². The number of carbonyl (C=O) groups is 1. The smallest absolute Gasteiger partial charge is 0.236 e. The molecule has 1 amide bonds. The lowest BCUT2D eigenvalue weighted by Crippen LogP contribution is -2.43. The summed E-state index contributed by atoms with van der Waals surface area (Å²) in [6.45, 7) is 2.90. The number of piperidine rings is 1. The molecule has 2 aliphatic rings. The van der Waals surface area contributed by atoms with Gasteiger partial charge in [-0.25, -0.2) is 8.42 Å². The zero-order valence-electron chi connectivity index (χ0n) is 14.8. The molecule has 1 N–H and O–H groups in total. The molecule has 0 saturated carbocycles. The molecule has 0 spiro atoms. The Hall–Kier alpha value is -1.70.